The molecule has 0 aliphatic carbocycles. The molecule has 0 saturated heterocycles. The van der Waals surface area contributed by atoms with Crippen molar-refractivity contribution in [1.29, 1.82) is 0 Å². The number of nitrogens with one attached hydrogen (secondary N) is 1. The average molecular weight is 411 g/mol. The third kappa shape index (κ3) is 4.07. The van der Waals surface area contributed by atoms with Gasteiger partial charge in [-0.05, 0) is 48.0 Å². The summed E-state index contributed by atoms with van der Waals surface area (Å²) in [5.41, 5.74) is 2.15. The van der Waals surface area contributed by atoms with E-state index >= 15 is 0 Å². The van der Waals surface area contributed by atoms with Crippen molar-refractivity contribution in [2.45, 2.75) is 6.54 Å². The molecule has 29 heavy (non-hydrogen) atoms. The molecule has 4 rings (SSSR count). The van der Waals surface area contributed by atoms with Crippen LogP contribution in [0.2, 0.25) is 5.02 Å². The Labute approximate surface area is 171 Å². The highest BCUT2D eigenvalue weighted by molar-refractivity contribution is 6.34. The molecule has 0 radical (unpaired) electrons. The van der Waals surface area contributed by atoms with Crippen molar-refractivity contribution in [3.63, 3.8) is 0 Å². The Kier molecular flexibility index (Phi) is 5.18. The van der Waals surface area contributed by atoms with E-state index < -0.39 is 0 Å². The molecular formula is C22H16ClFN2O3. The van der Waals surface area contributed by atoms with Gasteiger partial charge in [-0.25, -0.2) is 4.39 Å². The van der Waals surface area contributed by atoms with Crippen molar-refractivity contribution in [3.8, 4) is 5.75 Å². The minimum absolute atomic E-state index is 0.0838. The quantitative estimate of drug-likeness (QED) is 0.680. The first kappa shape index (κ1) is 19.0. The smallest absolute Gasteiger partial charge is 0.265 e. The molecule has 0 spiro atoms. The van der Waals surface area contributed by atoms with Crippen LogP contribution in [0.15, 0.2) is 66.7 Å². The Hall–Kier alpha value is -3.38. The molecule has 0 fully saturated rings. The molecule has 0 aromatic heterocycles. The fraction of sp³-hybridized carbons (Fsp3) is 0.0909. The molecule has 0 saturated carbocycles. The van der Waals surface area contributed by atoms with E-state index in [9.17, 15) is 14.0 Å². The maximum Gasteiger partial charge on any atom is 0.265 e. The van der Waals surface area contributed by atoms with Crippen LogP contribution in [0.4, 0.5) is 15.8 Å². The Balaban J connectivity index is 1.61. The molecular weight excluding hydrogens is 395 g/mol. The molecule has 0 atom stereocenters. The van der Waals surface area contributed by atoms with E-state index in [-0.39, 0.29) is 30.8 Å². The van der Waals surface area contributed by atoms with Gasteiger partial charge in [0.2, 0.25) is 0 Å². The summed E-state index contributed by atoms with van der Waals surface area (Å²) in [6.45, 7) is 0.177. The van der Waals surface area contributed by atoms with Crippen molar-refractivity contribution in [2.24, 2.45) is 0 Å². The van der Waals surface area contributed by atoms with E-state index in [0.29, 0.717) is 27.7 Å². The molecule has 5 nitrogen and oxygen atoms in total. The van der Waals surface area contributed by atoms with Gasteiger partial charge in [-0.2, -0.15) is 0 Å². The molecule has 0 unspecified atom stereocenters. The molecule has 146 valence electrons. The summed E-state index contributed by atoms with van der Waals surface area (Å²) >= 11 is 6.08. The molecule has 1 heterocycles. The SMILES string of the molecule is O=C(Nc1ccc2c(c1)N(Cc1ccc(F)cc1)C(=O)CO2)c1ccccc1Cl. The lowest BCUT2D eigenvalue weighted by Gasteiger charge is -2.30. The first-order chi connectivity index (χ1) is 14.0. The summed E-state index contributed by atoms with van der Waals surface area (Å²) in [5.74, 6) is -0.394. The highest BCUT2D eigenvalue weighted by atomic mass is 35.5. The van der Waals surface area contributed by atoms with Gasteiger partial charge in [0, 0.05) is 5.69 Å². The van der Waals surface area contributed by atoms with Crippen LogP contribution in [-0.2, 0) is 11.3 Å². The average Bonchev–Trinajstić information content (AvgIpc) is 2.72. The van der Waals surface area contributed by atoms with Gasteiger partial charge < -0.3 is 15.0 Å². The molecule has 1 aliphatic rings. The van der Waals surface area contributed by atoms with E-state index in [1.165, 1.54) is 12.1 Å². The third-order valence-electron chi connectivity index (χ3n) is 4.53. The second kappa shape index (κ2) is 7.93. The number of carbonyl (C=O) groups is 2. The summed E-state index contributed by atoms with van der Waals surface area (Å²) < 4.78 is 18.7. The zero-order valence-electron chi connectivity index (χ0n) is 15.2. The minimum Gasteiger partial charge on any atom is -0.482 e. The molecule has 3 aromatic rings. The van der Waals surface area contributed by atoms with Gasteiger partial charge in [0.05, 0.1) is 22.8 Å². The van der Waals surface area contributed by atoms with Crippen LogP contribution in [0.1, 0.15) is 15.9 Å². The number of rotatable bonds is 4. The summed E-state index contributed by atoms with van der Waals surface area (Å²) in [5, 5.41) is 3.14. The molecule has 0 bridgehead atoms. The second-order valence-corrected chi connectivity index (χ2v) is 6.92. The van der Waals surface area contributed by atoms with Gasteiger partial charge in [0.1, 0.15) is 11.6 Å². The number of anilines is 2. The molecule has 7 heteroatoms. The topological polar surface area (TPSA) is 58.6 Å². The number of amides is 2. The standard InChI is InChI=1S/C22H16ClFN2O3/c23-18-4-2-1-3-17(18)22(28)25-16-9-10-20-19(11-16)26(21(27)13-29-20)12-14-5-7-15(24)8-6-14/h1-11H,12-13H2,(H,25,28). The fourth-order valence-corrected chi connectivity index (χ4v) is 3.29. The van der Waals surface area contributed by atoms with Crippen LogP contribution in [0, 0.1) is 5.82 Å². The van der Waals surface area contributed by atoms with E-state index in [4.69, 9.17) is 16.3 Å². The van der Waals surface area contributed by atoms with Gasteiger partial charge in [-0.3, -0.25) is 9.59 Å². The maximum atomic E-state index is 13.2. The first-order valence-corrected chi connectivity index (χ1v) is 9.26. The normalized spacial score (nSPS) is 12.9. The van der Waals surface area contributed by atoms with Gasteiger partial charge in [-0.1, -0.05) is 35.9 Å². The van der Waals surface area contributed by atoms with E-state index in [2.05, 4.69) is 5.32 Å². The highest BCUT2D eigenvalue weighted by Gasteiger charge is 2.26. The number of hydrogen-bond acceptors (Lipinski definition) is 3. The van der Waals surface area contributed by atoms with Crippen molar-refractivity contribution >= 4 is 34.8 Å². The first-order valence-electron chi connectivity index (χ1n) is 8.89. The molecule has 1 aliphatic heterocycles. The lowest BCUT2D eigenvalue weighted by molar-refractivity contribution is -0.121. The Morgan fingerprint density at radius 2 is 1.86 bits per heavy atom. The Bertz CT molecular complexity index is 1090. The van der Waals surface area contributed by atoms with Crippen LogP contribution >= 0.6 is 11.6 Å². The van der Waals surface area contributed by atoms with Crippen LogP contribution in [-0.4, -0.2) is 18.4 Å². The number of ether oxygens (including phenoxy) is 1. The minimum atomic E-state index is -0.358. The number of fused-ring (bicyclic) bond motifs is 1. The Morgan fingerprint density at radius 1 is 1.10 bits per heavy atom. The number of benzene rings is 3. The molecule has 1 N–H and O–H groups in total. The van der Waals surface area contributed by atoms with Crippen LogP contribution < -0.4 is 15.0 Å². The summed E-state index contributed by atoms with van der Waals surface area (Å²) in [6.07, 6.45) is 0. The lowest BCUT2D eigenvalue weighted by atomic mass is 10.1. The van der Waals surface area contributed by atoms with E-state index in [0.717, 1.165) is 5.56 Å². The van der Waals surface area contributed by atoms with Crippen LogP contribution in [0.3, 0.4) is 0 Å². The second-order valence-electron chi connectivity index (χ2n) is 6.51. The monoisotopic (exact) mass is 410 g/mol. The Morgan fingerprint density at radius 3 is 2.62 bits per heavy atom. The lowest BCUT2D eigenvalue weighted by Crippen LogP contribution is -2.38. The largest absolute Gasteiger partial charge is 0.482 e. The molecule has 3 aromatic carbocycles. The third-order valence-corrected chi connectivity index (χ3v) is 4.86. The van der Waals surface area contributed by atoms with Crippen molar-refractivity contribution in [2.75, 3.05) is 16.8 Å². The van der Waals surface area contributed by atoms with E-state index in [1.54, 1.807) is 59.5 Å². The van der Waals surface area contributed by atoms with Gasteiger partial charge >= 0.3 is 0 Å². The zero-order chi connectivity index (χ0) is 20.4. The van der Waals surface area contributed by atoms with Crippen LogP contribution in [0.5, 0.6) is 5.75 Å². The number of nitrogens with zero attached hydrogens (tertiary/aromatic N) is 1. The summed E-state index contributed by atoms with van der Waals surface area (Å²) in [4.78, 5) is 26.5. The fourth-order valence-electron chi connectivity index (χ4n) is 3.07. The van der Waals surface area contributed by atoms with Gasteiger partial charge in [-0.15, -0.1) is 0 Å². The summed E-state index contributed by atoms with van der Waals surface area (Å²) in [7, 11) is 0. The summed E-state index contributed by atoms with van der Waals surface area (Å²) in [6, 6.07) is 17.7. The van der Waals surface area contributed by atoms with Crippen molar-refractivity contribution in [1.82, 2.24) is 0 Å². The zero-order valence-corrected chi connectivity index (χ0v) is 15.9. The number of carbonyl (C=O) groups excluding carboxylic acids is 2. The predicted octanol–water partition coefficient (Wildman–Crippen LogP) is 4.66. The van der Waals surface area contributed by atoms with Gasteiger partial charge in [0.15, 0.2) is 6.61 Å². The van der Waals surface area contributed by atoms with E-state index in [1.807, 2.05) is 0 Å². The number of halogens is 2. The maximum absolute atomic E-state index is 13.2. The predicted molar refractivity (Wildman–Crippen MR) is 109 cm³/mol. The van der Waals surface area contributed by atoms with Gasteiger partial charge in [0.25, 0.3) is 11.8 Å². The van der Waals surface area contributed by atoms with Crippen molar-refractivity contribution in [3.05, 3.63) is 88.7 Å². The highest BCUT2D eigenvalue weighted by Crippen LogP contribution is 2.35. The van der Waals surface area contributed by atoms with Crippen LogP contribution in [0.25, 0.3) is 0 Å². The van der Waals surface area contributed by atoms with Crippen molar-refractivity contribution < 1.29 is 18.7 Å². The molecule has 2 amide bonds. The number of hydrogen-bond donors (Lipinski definition) is 1.